The van der Waals surface area contributed by atoms with Gasteiger partial charge >= 0.3 is 0 Å². The Hall–Kier alpha value is -3.12. The third kappa shape index (κ3) is 3.27. The minimum atomic E-state index is -1.13. The summed E-state index contributed by atoms with van der Waals surface area (Å²) in [6.07, 6.45) is 3.15. The number of carbonyl (C=O) groups is 2. The Morgan fingerprint density at radius 3 is 2.17 bits per heavy atom. The van der Waals surface area contributed by atoms with Gasteiger partial charge in [0.15, 0.2) is 0 Å². The summed E-state index contributed by atoms with van der Waals surface area (Å²) in [7, 11) is 2.03. The van der Waals surface area contributed by atoms with E-state index in [2.05, 4.69) is 35.0 Å². The molecule has 0 unspecified atom stereocenters. The maximum absolute atomic E-state index is 12.9. The fraction of sp³-hybridized carbons (Fsp3) is 0.333. The number of rotatable bonds is 3. The fourth-order valence-electron chi connectivity index (χ4n) is 4.19. The molecule has 154 valence electrons. The zero-order valence-electron chi connectivity index (χ0n) is 17.0. The number of nitrogens with zero attached hydrogens (tertiary/aromatic N) is 3. The summed E-state index contributed by atoms with van der Waals surface area (Å²) in [6.45, 7) is 1.93. The summed E-state index contributed by atoms with van der Waals surface area (Å²) in [5.41, 5.74) is 2.91. The van der Waals surface area contributed by atoms with E-state index in [0.717, 1.165) is 11.1 Å². The molecule has 0 bridgehead atoms. The van der Waals surface area contributed by atoms with Crippen molar-refractivity contribution in [2.45, 2.75) is 18.4 Å². The molecule has 6 heteroatoms. The van der Waals surface area contributed by atoms with Gasteiger partial charge in [-0.1, -0.05) is 18.2 Å². The quantitative estimate of drug-likeness (QED) is 0.731. The normalized spacial score (nSPS) is 17.9. The second kappa shape index (κ2) is 6.99. The van der Waals surface area contributed by atoms with Crippen molar-refractivity contribution >= 4 is 22.7 Å². The summed E-state index contributed by atoms with van der Waals surface area (Å²) < 4.78 is 2.10. The highest BCUT2D eigenvalue weighted by molar-refractivity contribution is 5.95. The van der Waals surface area contributed by atoms with Crippen LogP contribution in [0.15, 0.2) is 54.7 Å². The number of benzene rings is 2. The van der Waals surface area contributed by atoms with Crippen LogP contribution in [0.4, 0.5) is 0 Å². The van der Waals surface area contributed by atoms with Crippen LogP contribution in [0.5, 0.6) is 0 Å². The van der Waals surface area contributed by atoms with Crippen molar-refractivity contribution < 1.29 is 14.7 Å². The molecule has 30 heavy (non-hydrogen) atoms. The number of fused-ring (bicyclic) bond motifs is 1. The summed E-state index contributed by atoms with van der Waals surface area (Å²) in [5, 5.41) is 11.2. The highest BCUT2D eigenvalue weighted by Gasteiger charge is 2.50. The molecule has 3 aromatic rings. The minimum absolute atomic E-state index is 0.0164. The molecule has 1 saturated heterocycles. The molecule has 2 aliphatic rings. The molecule has 1 N–H and O–H groups in total. The highest BCUT2D eigenvalue weighted by Crippen LogP contribution is 2.37. The zero-order chi connectivity index (χ0) is 20.9. The number of aryl methyl sites for hydroxylation is 1. The van der Waals surface area contributed by atoms with Gasteiger partial charge in [-0.15, -0.1) is 0 Å². The van der Waals surface area contributed by atoms with Crippen LogP contribution in [0.1, 0.15) is 23.2 Å². The summed E-state index contributed by atoms with van der Waals surface area (Å²) >= 11 is 0. The van der Waals surface area contributed by atoms with E-state index in [0.29, 0.717) is 44.6 Å². The lowest BCUT2D eigenvalue weighted by atomic mass is 10.0. The van der Waals surface area contributed by atoms with Gasteiger partial charge in [-0.2, -0.15) is 0 Å². The van der Waals surface area contributed by atoms with Crippen molar-refractivity contribution in [3.63, 3.8) is 0 Å². The molecule has 2 heterocycles. The predicted octanol–water partition coefficient (Wildman–Crippen LogP) is 2.65. The SMILES string of the molecule is Cn1ccc2cc(-c3ccc(C(=O)N4CCN(C(=O)C5(O)CC5)CC4)cc3)ccc21. The van der Waals surface area contributed by atoms with Crippen LogP contribution in [0, 0.1) is 0 Å². The Bertz CT molecular complexity index is 1120. The molecule has 0 atom stereocenters. The number of aliphatic hydroxyl groups is 1. The van der Waals surface area contributed by atoms with Crippen LogP contribution < -0.4 is 0 Å². The van der Waals surface area contributed by atoms with Crippen LogP contribution in [0.2, 0.25) is 0 Å². The first-order valence-electron chi connectivity index (χ1n) is 10.4. The van der Waals surface area contributed by atoms with Crippen molar-refractivity contribution in [1.82, 2.24) is 14.4 Å². The van der Waals surface area contributed by atoms with Gasteiger partial charge in [0, 0.05) is 55.9 Å². The zero-order valence-corrected chi connectivity index (χ0v) is 17.0. The second-order valence-corrected chi connectivity index (χ2v) is 8.39. The first-order chi connectivity index (χ1) is 14.4. The lowest BCUT2D eigenvalue weighted by Crippen LogP contribution is -2.53. The maximum atomic E-state index is 12.9. The van der Waals surface area contributed by atoms with E-state index in [1.807, 2.05) is 31.3 Å². The average molecular weight is 403 g/mol. The van der Waals surface area contributed by atoms with Crippen LogP contribution in [0.3, 0.4) is 0 Å². The Morgan fingerprint density at radius 1 is 0.867 bits per heavy atom. The second-order valence-electron chi connectivity index (χ2n) is 8.39. The largest absolute Gasteiger partial charge is 0.380 e. The smallest absolute Gasteiger partial charge is 0.254 e. The number of amides is 2. The Morgan fingerprint density at radius 2 is 1.50 bits per heavy atom. The van der Waals surface area contributed by atoms with E-state index in [4.69, 9.17) is 0 Å². The highest BCUT2D eigenvalue weighted by atomic mass is 16.3. The topological polar surface area (TPSA) is 65.8 Å². The molecule has 2 aromatic carbocycles. The van der Waals surface area contributed by atoms with Gasteiger partial charge in [-0.25, -0.2) is 0 Å². The molecular weight excluding hydrogens is 378 g/mol. The molecule has 0 radical (unpaired) electrons. The molecule has 2 fully saturated rings. The molecule has 1 aliphatic heterocycles. The van der Waals surface area contributed by atoms with E-state index in [1.54, 1.807) is 9.80 Å². The Labute approximate surface area is 175 Å². The van der Waals surface area contributed by atoms with Crippen molar-refractivity contribution in [1.29, 1.82) is 0 Å². The molecule has 1 saturated carbocycles. The number of hydrogen-bond donors (Lipinski definition) is 1. The van der Waals surface area contributed by atoms with Gasteiger partial charge in [0.05, 0.1) is 0 Å². The van der Waals surface area contributed by atoms with Crippen molar-refractivity contribution in [2.75, 3.05) is 26.2 Å². The standard InChI is InChI=1S/C24H25N3O3/c1-25-11-8-20-16-19(6-7-21(20)25)17-2-4-18(5-3-17)22(28)26-12-14-27(15-13-26)23(29)24(30)9-10-24/h2-8,11,16,30H,9-10,12-15H2,1H3. The number of hydrogen-bond acceptors (Lipinski definition) is 3. The van der Waals surface area contributed by atoms with E-state index in [9.17, 15) is 14.7 Å². The molecule has 0 spiro atoms. The number of piperazine rings is 1. The van der Waals surface area contributed by atoms with E-state index in [-0.39, 0.29) is 11.8 Å². The molecule has 1 aromatic heterocycles. The Kier molecular flexibility index (Phi) is 4.40. The van der Waals surface area contributed by atoms with Crippen LogP contribution >= 0.6 is 0 Å². The van der Waals surface area contributed by atoms with Crippen molar-refractivity contribution in [2.24, 2.45) is 7.05 Å². The Balaban J connectivity index is 1.26. The van der Waals surface area contributed by atoms with E-state index < -0.39 is 5.60 Å². The summed E-state index contributed by atoms with van der Waals surface area (Å²) in [6, 6.07) is 16.2. The molecule has 1 aliphatic carbocycles. The molecule has 5 rings (SSSR count). The first-order valence-corrected chi connectivity index (χ1v) is 10.4. The molecular formula is C24H25N3O3. The third-order valence-electron chi connectivity index (χ3n) is 6.33. The molecule has 2 amide bonds. The van der Waals surface area contributed by atoms with Crippen LogP contribution in [-0.4, -0.2) is 63.1 Å². The van der Waals surface area contributed by atoms with Crippen LogP contribution in [0.25, 0.3) is 22.0 Å². The summed E-state index contributed by atoms with van der Waals surface area (Å²) in [4.78, 5) is 28.6. The van der Waals surface area contributed by atoms with Gasteiger partial charge in [0.1, 0.15) is 5.60 Å². The van der Waals surface area contributed by atoms with Crippen molar-refractivity contribution in [3.8, 4) is 11.1 Å². The lowest BCUT2D eigenvalue weighted by Gasteiger charge is -2.35. The third-order valence-corrected chi connectivity index (χ3v) is 6.33. The van der Waals surface area contributed by atoms with Gasteiger partial charge < -0.3 is 19.5 Å². The molecule has 6 nitrogen and oxygen atoms in total. The predicted molar refractivity (Wildman–Crippen MR) is 115 cm³/mol. The van der Waals surface area contributed by atoms with Gasteiger partial charge in [0.2, 0.25) is 0 Å². The minimum Gasteiger partial charge on any atom is -0.380 e. The fourth-order valence-corrected chi connectivity index (χ4v) is 4.19. The van der Waals surface area contributed by atoms with Gasteiger partial charge in [-0.3, -0.25) is 9.59 Å². The monoisotopic (exact) mass is 403 g/mol. The number of aromatic nitrogens is 1. The maximum Gasteiger partial charge on any atom is 0.254 e. The first kappa shape index (κ1) is 18.9. The van der Waals surface area contributed by atoms with E-state index in [1.165, 1.54) is 10.9 Å². The van der Waals surface area contributed by atoms with Gasteiger partial charge in [-0.05, 0) is 54.3 Å². The average Bonchev–Trinajstić information content (AvgIpc) is 3.44. The van der Waals surface area contributed by atoms with Crippen molar-refractivity contribution in [3.05, 3.63) is 60.3 Å². The van der Waals surface area contributed by atoms with Crippen LogP contribution in [-0.2, 0) is 11.8 Å². The van der Waals surface area contributed by atoms with Gasteiger partial charge in [0.25, 0.3) is 11.8 Å². The van der Waals surface area contributed by atoms with E-state index >= 15 is 0 Å². The number of carbonyl (C=O) groups excluding carboxylic acids is 2. The summed E-state index contributed by atoms with van der Waals surface area (Å²) in [5.74, 6) is -0.202. The lowest BCUT2D eigenvalue weighted by molar-refractivity contribution is -0.143.